The summed E-state index contributed by atoms with van der Waals surface area (Å²) in [4.78, 5) is 5.23. The molecule has 2 aromatic rings. The molecule has 0 spiro atoms. The number of aromatic nitrogens is 1. The molecule has 1 N–H and O–H groups in total. The van der Waals surface area contributed by atoms with E-state index in [0.717, 1.165) is 10.2 Å². The van der Waals surface area contributed by atoms with Crippen LogP contribution in [-0.2, 0) is 6.42 Å². The van der Waals surface area contributed by atoms with Crippen molar-refractivity contribution in [3.8, 4) is 0 Å². The number of nitrogens with one attached hydrogen (secondary N) is 1. The Morgan fingerprint density at radius 2 is 2.18 bits per heavy atom. The molecule has 0 saturated carbocycles. The second-order valence-electron chi connectivity index (χ2n) is 3.37. The van der Waals surface area contributed by atoms with Gasteiger partial charge in [-0.25, -0.2) is 9.37 Å². The molecular formula is C11H9Br2FN2S. The second-order valence-corrected chi connectivity index (χ2v) is 6.83. The smallest absolute Gasteiger partial charge is 0.166 e. The second kappa shape index (κ2) is 5.93. The van der Waals surface area contributed by atoms with E-state index in [2.05, 4.69) is 48.2 Å². The SMILES string of the molecule is Fc1cc(Br)cnc1NCCc1ccc(Br)s1. The molecule has 0 bridgehead atoms. The Balaban J connectivity index is 1.90. The van der Waals surface area contributed by atoms with Crippen molar-refractivity contribution < 1.29 is 4.39 Å². The van der Waals surface area contributed by atoms with Crippen LogP contribution in [0.3, 0.4) is 0 Å². The van der Waals surface area contributed by atoms with Crippen LogP contribution >= 0.6 is 43.2 Å². The quantitative estimate of drug-likeness (QED) is 0.848. The number of halogens is 3. The van der Waals surface area contributed by atoms with Crippen molar-refractivity contribution in [3.63, 3.8) is 0 Å². The van der Waals surface area contributed by atoms with Gasteiger partial charge in [-0.3, -0.25) is 0 Å². The number of thiophene rings is 1. The van der Waals surface area contributed by atoms with E-state index in [0.29, 0.717) is 16.8 Å². The highest BCUT2D eigenvalue weighted by molar-refractivity contribution is 9.11. The van der Waals surface area contributed by atoms with Crippen molar-refractivity contribution in [2.45, 2.75) is 6.42 Å². The fraction of sp³-hybridized carbons (Fsp3) is 0.182. The zero-order chi connectivity index (χ0) is 12.3. The molecule has 2 rings (SSSR count). The van der Waals surface area contributed by atoms with Gasteiger partial charge in [-0.2, -0.15) is 0 Å². The summed E-state index contributed by atoms with van der Waals surface area (Å²) >= 11 is 8.26. The van der Waals surface area contributed by atoms with Gasteiger partial charge in [0.25, 0.3) is 0 Å². The first kappa shape index (κ1) is 13.0. The molecule has 0 saturated heterocycles. The highest BCUT2D eigenvalue weighted by atomic mass is 79.9. The predicted molar refractivity (Wildman–Crippen MR) is 76.1 cm³/mol. The molecule has 17 heavy (non-hydrogen) atoms. The number of hydrogen-bond acceptors (Lipinski definition) is 3. The number of anilines is 1. The van der Waals surface area contributed by atoms with E-state index in [1.165, 1.54) is 10.9 Å². The summed E-state index contributed by atoms with van der Waals surface area (Å²) < 4.78 is 15.2. The van der Waals surface area contributed by atoms with Gasteiger partial charge in [0, 0.05) is 22.1 Å². The van der Waals surface area contributed by atoms with Crippen LogP contribution in [0.15, 0.2) is 32.7 Å². The van der Waals surface area contributed by atoms with Crippen molar-refractivity contribution in [1.82, 2.24) is 4.98 Å². The Labute approximate surface area is 120 Å². The minimum Gasteiger partial charge on any atom is -0.367 e. The lowest BCUT2D eigenvalue weighted by atomic mass is 10.3. The molecule has 2 heterocycles. The molecule has 0 unspecified atom stereocenters. The molecule has 0 aliphatic carbocycles. The Kier molecular flexibility index (Phi) is 4.53. The van der Waals surface area contributed by atoms with Crippen LogP contribution in [-0.4, -0.2) is 11.5 Å². The molecule has 0 aliphatic rings. The molecule has 0 amide bonds. The van der Waals surface area contributed by atoms with Crippen molar-refractivity contribution in [3.05, 3.63) is 43.3 Å². The van der Waals surface area contributed by atoms with E-state index < -0.39 is 0 Å². The first-order valence-corrected chi connectivity index (χ1v) is 7.34. The van der Waals surface area contributed by atoms with Crippen molar-refractivity contribution in [1.29, 1.82) is 0 Å². The summed E-state index contributed by atoms with van der Waals surface area (Å²) in [5, 5.41) is 2.98. The Hall–Kier alpha value is -0.460. The van der Waals surface area contributed by atoms with Crippen LogP contribution < -0.4 is 5.32 Å². The maximum absolute atomic E-state index is 13.4. The van der Waals surface area contributed by atoms with E-state index in [9.17, 15) is 4.39 Å². The topological polar surface area (TPSA) is 24.9 Å². The third-order valence-corrected chi connectivity index (χ3v) is 4.22. The lowest BCUT2D eigenvalue weighted by Gasteiger charge is -2.05. The molecule has 2 aromatic heterocycles. The van der Waals surface area contributed by atoms with E-state index in [4.69, 9.17) is 0 Å². The maximum Gasteiger partial charge on any atom is 0.166 e. The predicted octanol–water partition coefficient (Wildman–Crippen LogP) is 4.46. The summed E-state index contributed by atoms with van der Waals surface area (Å²) in [6, 6.07) is 5.47. The zero-order valence-electron chi connectivity index (χ0n) is 8.71. The van der Waals surface area contributed by atoms with Crippen LogP contribution in [0.4, 0.5) is 10.2 Å². The van der Waals surface area contributed by atoms with Crippen LogP contribution in [0.25, 0.3) is 0 Å². The van der Waals surface area contributed by atoms with Gasteiger partial charge >= 0.3 is 0 Å². The number of rotatable bonds is 4. The van der Waals surface area contributed by atoms with Gasteiger partial charge in [0.15, 0.2) is 11.6 Å². The minimum atomic E-state index is -0.341. The largest absolute Gasteiger partial charge is 0.367 e. The fourth-order valence-corrected chi connectivity index (χ4v) is 3.12. The molecular weight excluding hydrogens is 371 g/mol. The van der Waals surface area contributed by atoms with Gasteiger partial charge in [-0.1, -0.05) is 0 Å². The fourth-order valence-electron chi connectivity index (χ4n) is 1.33. The zero-order valence-corrected chi connectivity index (χ0v) is 12.7. The maximum atomic E-state index is 13.4. The van der Waals surface area contributed by atoms with Crippen LogP contribution in [0, 0.1) is 5.82 Å². The third kappa shape index (κ3) is 3.76. The van der Waals surface area contributed by atoms with Crippen molar-refractivity contribution in [2.75, 3.05) is 11.9 Å². The normalized spacial score (nSPS) is 10.5. The van der Waals surface area contributed by atoms with Crippen LogP contribution in [0.1, 0.15) is 4.88 Å². The molecule has 0 aromatic carbocycles. The van der Waals surface area contributed by atoms with Gasteiger partial charge in [0.05, 0.1) is 3.79 Å². The van der Waals surface area contributed by atoms with Gasteiger partial charge in [0.1, 0.15) is 0 Å². The van der Waals surface area contributed by atoms with E-state index in [-0.39, 0.29) is 5.82 Å². The molecule has 0 radical (unpaired) electrons. The molecule has 2 nitrogen and oxygen atoms in total. The molecule has 90 valence electrons. The van der Waals surface area contributed by atoms with Crippen LogP contribution in [0.2, 0.25) is 0 Å². The first-order valence-electron chi connectivity index (χ1n) is 4.94. The lowest BCUT2D eigenvalue weighted by molar-refractivity contribution is 0.623. The van der Waals surface area contributed by atoms with E-state index >= 15 is 0 Å². The van der Waals surface area contributed by atoms with Gasteiger partial charge in [-0.05, 0) is 56.5 Å². The number of nitrogens with zero attached hydrogens (tertiary/aromatic N) is 1. The highest BCUT2D eigenvalue weighted by Gasteiger charge is 2.04. The van der Waals surface area contributed by atoms with Gasteiger partial charge < -0.3 is 5.32 Å². The highest BCUT2D eigenvalue weighted by Crippen LogP contribution is 2.22. The Morgan fingerprint density at radius 3 is 2.82 bits per heavy atom. The number of hydrogen-bond donors (Lipinski definition) is 1. The lowest BCUT2D eigenvalue weighted by Crippen LogP contribution is -2.07. The van der Waals surface area contributed by atoms with E-state index in [1.807, 2.05) is 6.07 Å². The Morgan fingerprint density at radius 1 is 1.35 bits per heavy atom. The van der Waals surface area contributed by atoms with Crippen molar-refractivity contribution in [2.24, 2.45) is 0 Å². The molecule has 6 heteroatoms. The van der Waals surface area contributed by atoms with Gasteiger partial charge in [0.2, 0.25) is 0 Å². The van der Waals surface area contributed by atoms with Gasteiger partial charge in [-0.15, -0.1) is 11.3 Å². The minimum absolute atomic E-state index is 0.295. The average molecular weight is 380 g/mol. The van der Waals surface area contributed by atoms with Crippen LogP contribution in [0.5, 0.6) is 0 Å². The monoisotopic (exact) mass is 378 g/mol. The van der Waals surface area contributed by atoms with Crippen molar-refractivity contribution >= 4 is 49.0 Å². The average Bonchev–Trinajstić information content (AvgIpc) is 2.68. The standard InChI is InChI=1S/C11H9Br2FN2S/c12-7-5-9(14)11(16-6-7)15-4-3-8-1-2-10(13)17-8/h1-2,5-6H,3-4H2,(H,15,16). The summed E-state index contributed by atoms with van der Waals surface area (Å²) in [6.45, 7) is 0.665. The first-order chi connectivity index (χ1) is 8.15. The van der Waals surface area contributed by atoms with E-state index in [1.54, 1.807) is 17.5 Å². The number of pyridine rings is 1. The summed E-state index contributed by atoms with van der Waals surface area (Å²) in [5.74, 6) is -0.0458. The summed E-state index contributed by atoms with van der Waals surface area (Å²) in [5.41, 5.74) is 0. The molecule has 0 fully saturated rings. The summed E-state index contributed by atoms with van der Waals surface area (Å²) in [6.07, 6.45) is 2.43. The Bertz CT molecular complexity index is 516. The molecule has 0 aliphatic heterocycles. The summed E-state index contributed by atoms with van der Waals surface area (Å²) in [7, 11) is 0. The molecule has 0 atom stereocenters. The third-order valence-electron chi connectivity index (χ3n) is 2.10.